The van der Waals surface area contributed by atoms with Crippen LogP contribution in [0.15, 0.2) is 24.5 Å². The zero-order valence-corrected chi connectivity index (χ0v) is 17.8. The first-order valence-corrected chi connectivity index (χ1v) is 10.0. The molecule has 9 heteroatoms. The molecule has 0 radical (unpaired) electrons. The minimum Gasteiger partial charge on any atom is -0.508 e. The number of phenols is 1. The second-order valence-corrected chi connectivity index (χ2v) is 7.92. The number of hydrogen-bond donors (Lipinski definition) is 4. The largest absolute Gasteiger partial charge is 0.508 e. The molecule has 0 saturated carbocycles. The van der Waals surface area contributed by atoms with Gasteiger partial charge >= 0.3 is 0 Å². The zero-order valence-electron chi connectivity index (χ0n) is 17.1. The van der Waals surface area contributed by atoms with Gasteiger partial charge in [-0.25, -0.2) is 4.98 Å². The number of aromatic nitrogens is 4. The van der Waals surface area contributed by atoms with Crippen molar-refractivity contribution in [1.29, 1.82) is 0 Å². The molecule has 0 fully saturated rings. The van der Waals surface area contributed by atoms with Crippen molar-refractivity contribution in [3.05, 3.63) is 35.1 Å². The van der Waals surface area contributed by atoms with Gasteiger partial charge in [-0.15, -0.1) is 0 Å². The normalized spacial score (nSPS) is 12.9. The van der Waals surface area contributed by atoms with E-state index in [0.29, 0.717) is 53.0 Å². The highest BCUT2D eigenvalue weighted by atomic mass is 35.5. The van der Waals surface area contributed by atoms with Crippen LogP contribution in [0.4, 0.5) is 11.8 Å². The molecule has 1 aromatic carbocycles. The SMILES string of the molecule is CCC(Nc1nc(NCc2cc(Cl)ccc2O)c2ncn(CC)c2n1)C(C)(C)O. The van der Waals surface area contributed by atoms with Crippen LogP contribution in [0.3, 0.4) is 0 Å². The Morgan fingerprint density at radius 3 is 2.66 bits per heavy atom. The molecule has 0 aliphatic heterocycles. The summed E-state index contributed by atoms with van der Waals surface area (Å²) in [6.45, 7) is 8.54. The third kappa shape index (κ3) is 4.71. The number of hydrogen-bond acceptors (Lipinski definition) is 7. The van der Waals surface area contributed by atoms with E-state index in [9.17, 15) is 10.2 Å². The van der Waals surface area contributed by atoms with Crippen molar-refractivity contribution >= 4 is 34.5 Å². The van der Waals surface area contributed by atoms with Crippen molar-refractivity contribution < 1.29 is 10.2 Å². The average Bonchev–Trinajstić information content (AvgIpc) is 3.08. The fourth-order valence-corrected chi connectivity index (χ4v) is 3.37. The minimum atomic E-state index is -0.932. The van der Waals surface area contributed by atoms with E-state index in [1.54, 1.807) is 38.4 Å². The van der Waals surface area contributed by atoms with Crippen LogP contribution >= 0.6 is 11.6 Å². The number of phenolic OH excluding ortho intramolecular Hbond substituents is 1. The smallest absolute Gasteiger partial charge is 0.227 e. The Bertz CT molecular complexity index is 999. The van der Waals surface area contributed by atoms with Crippen LogP contribution in [0.1, 0.15) is 39.7 Å². The van der Waals surface area contributed by atoms with Gasteiger partial charge in [0.05, 0.1) is 18.0 Å². The van der Waals surface area contributed by atoms with Crippen LogP contribution in [-0.2, 0) is 13.1 Å². The highest BCUT2D eigenvalue weighted by Crippen LogP contribution is 2.26. The summed E-state index contributed by atoms with van der Waals surface area (Å²) in [5.41, 5.74) is 1.04. The fourth-order valence-electron chi connectivity index (χ4n) is 3.17. The molecule has 0 bridgehead atoms. The molecule has 8 nitrogen and oxygen atoms in total. The third-order valence-electron chi connectivity index (χ3n) is 4.86. The summed E-state index contributed by atoms with van der Waals surface area (Å²) in [6, 6.07) is 4.68. The quantitative estimate of drug-likeness (QED) is 0.440. The molecule has 0 aliphatic rings. The lowest BCUT2D eigenvalue weighted by molar-refractivity contribution is 0.0577. The van der Waals surface area contributed by atoms with Gasteiger partial charge in [-0.3, -0.25) is 0 Å². The summed E-state index contributed by atoms with van der Waals surface area (Å²) in [7, 11) is 0. The van der Waals surface area contributed by atoms with E-state index in [-0.39, 0.29) is 11.8 Å². The maximum atomic E-state index is 10.4. The topological polar surface area (TPSA) is 108 Å². The second-order valence-electron chi connectivity index (χ2n) is 7.48. The van der Waals surface area contributed by atoms with Crippen LogP contribution in [0.2, 0.25) is 5.02 Å². The number of halogens is 1. The first kappa shape index (κ1) is 21.1. The number of nitrogens with one attached hydrogen (secondary N) is 2. The molecule has 0 saturated heterocycles. The lowest BCUT2D eigenvalue weighted by atomic mass is 9.97. The van der Waals surface area contributed by atoms with Crippen LogP contribution in [-0.4, -0.2) is 41.4 Å². The maximum Gasteiger partial charge on any atom is 0.227 e. The molecule has 3 rings (SSSR count). The van der Waals surface area contributed by atoms with Gasteiger partial charge in [-0.2, -0.15) is 9.97 Å². The van der Waals surface area contributed by atoms with E-state index in [1.807, 2.05) is 18.4 Å². The van der Waals surface area contributed by atoms with Gasteiger partial charge in [0.2, 0.25) is 5.95 Å². The summed E-state index contributed by atoms with van der Waals surface area (Å²) in [6.07, 6.45) is 2.43. The molecule has 1 atom stereocenters. The van der Waals surface area contributed by atoms with Crippen LogP contribution in [0, 0.1) is 0 Å². The van der Waals surface area contributed by atoms with Gasteiger partial charge < -0.3 is 25.4 Å². The van der Waals surface area contributed by atoms with Crippen molar-refractivity contribution in [3.63, 3.8) is 0 Å². The van der Waals surface area contributed by atoms with Crippen molar-refractivity contribution in [2.75, 3.05) is 10.6 Å². The maximum absolute atomic E-state index is 10.4. The number of rotatable bonds is 8. The summed E-state index contributed by atoms with van der Waals surface area (Å²) in [5.74, 6) is 1.09. The Morgan fingerprint density at radius 2 is 2.00 bits per heavy atom. The van der Waals surface area contributed by atoms with Gasteiger partial charge in [0.1, 0.15) is 5.75 Å². The summed E-state index contributed by atoms with van der Waals surface area (Å²) < 4.78 is 1.93. The Labute approximate surface area is 175 Å². The van der Waals surface area contributed by atoms with Crippen LogP contribution in [0.25, 0.3) is 11.2 Å². The molecule has 0 spiro atoms. The Hall–Kier alpha value is -2.58. The Kier molecular flexibility index (Phi) is 6.14. The molecule has 1 unspecified atom stereocenters. The number of anilines is 2. The molecule has 0 amide bonds. The van der Waals surface area contributed by atoms with Crippen molar-refractivity contribution in [1.82, 2.24) is 19.5 Å². The predicted octanol–water partition coefficient (Wildman–Crippen LogP) is 3.78. The van der Waals surface area contributed by atoms with Gasteiger partial charge in [0.15, 0.2) is 17.0 Å². The van der Waals surface area contributed by atoms with Crippen LogP contribution in [0.5, 0.6) is 5.75 Å². The van der Waals surface area contributed by atoms with E-state index in [4.69, 9.17) is 11.6 Å². The monoisotopic (exact) mass is 418 g/mol. The molecule has 4 N–H and O–H groups in total. The Morgan fingerprint density at radius 1 is 1.24 bits per heavy atom. The van der Waals surface area contributed by atoms with Crippen molar-refractivity contribution in [2.24, 2.45) is 0 Å². The van der Waals surface area contributed by atoms with E-state index in [1.165, 1.54) is 0 Å². The van der Waals surface area contributed by atoms with Gasteiger partial charge in [0, 0.05) is 23.7 Å². The first-order chi connectivity index (χ1) is 13.7. The molecule has 156 valence electrons. The average molecular weight is 419 g/mol. The number of fused-ring (bicyclic) bond motifs is 1. The minimum absolute atomic E-state index is 0.151. The number of aryl methyl sites for hydroxylation is 1. The first-order valence-electron chi connectivity index (χ1n) is 9.66. The van der Waals surface area contributed by atoms with E-state index < -0.39 is 5.60 Å². The third-order valence-corrected chi connectivity index (χ3v) is 5.09. The standard InChI is InChI=1S/C20H27ClN6O2/c1-5-15(20(3,4)29)24-19-25-17(16-18(26-19)27(6-2)11-23-16)22-10-12-9-13(21)7-8-14(12)28/h7-9,11,15,28-29H,5-6,10H2,1-4H3,(H2,22,24,25,26). The molecule has 0 aliphatic carbocycles. The predicted molar refractivity (Wildman–Crippen MR) is 115 cm³/mol. The molecule has 2 aromatic heterocycles. The number of nitrogens with zero attached hydrogens (tertiary/aromatic N) is 4. The molecular weight excluding hydrogens is 392 g/mol. The number of benzene rings is 1. The molecule has 3 aromatic rings. The molecular formula is C20H27ClN6O2. The molecule has 29 heavy (non-hydrogen) atoms. The second kappa shape index (κ2) is 8.42. The van der Waals surface area contributed by atoms with Gasteiger partial charge in [0.25, 0.3) is 0 Å². The number of aromatic hydroxyl groups is 1. The fraction of sp³-hybridized carbons (Fsp3) is 0.450. The summed E-state index contributed by atoms with van der Waals surface area (Å²) >= 11 is 6.04. The highest BCUT2D eigenvalue weighted by Gasteiger charge is 2.26. The zero-order chi connectivity index (χ0) is 21.2. The summed E-state index contributed by atoms with van der Waals surface area (Å²) in [4.78, 5) is 13.6. The van der Waals surface area contributed by atoms with Crippen molar-refractivity contribution in [2.45, 2.75) is 58.8 Å². The Balaban J connectivity index is 1.96. The number of imidazole rings is 1. The highest BCUT2D eigenvalue weighted by molar-refractivity contribution is 6.30. The lowest BCUT2D eigenvalue weighted by Crippen LogP contribution is -2.41. The van der Waals surface area contributed by atoms with E-state index in [0.717, 1.165) is 0 Å². The van der Waals surface area contributed by atoms with Gasteiger partial charge in [-0.1, -0.05) is 18.5 Å². The lowest BCUT2D eigenvalue weighted by Gasteiger charge is -2.29. The van der Waals surface area contributed by atoms with E-state index >= 15 is 0 Å². The van der Waals surface area contributed by atoms with E-state index in [2.05, 4.69) is 25.6 Å². The molecule has 2 heterocycles. The van der Waals surface area contributed by atoms with Gasteiger partial charge in [-0.05, 0) is 45.4 Å². The van der Waals surface area contributed by atoms with Crippen LogP contribution < -0.4 is 10.6 Å². The summed E-state index contributed by atoms with van der Waals surface area (Å²) in [5, 5.41) is 27.5. The van der Waals surface area contributed by atoms with Crippen molar-refractivity contribution in [3.8, 4) is 5.75 Å². The number of aliphatic hydroxyl groups is 1.